The molecule has 21 heavy (non-hydrogen) atoms. The van der Waals surface area contributed by atoms with E-state index >= 15 is 0 Å². The van der Waals surface area contributed by atoms with Gasteiger partial charge in [0.15, 0.2) is 0 Å². The minimum absolute atomic E-state index is 0. The number of rotatable bonds is 4. The molecule has 0 aliphatic heterocycles. The number of ether oxygens (including phenoxy) is 1. The predicted octanol–water partition coefficient (Wildman–Crippen LogP) is 0.511. The summed E-state index contributed by atoms with van der Waals surface area (Å²) < 4.78 is 56.1. The summed E-state index contributed by atoms with van der Waals surface area (Å²) in [4.78, 5) is 3.45. The fourth-order valence-corrected chi connectivity index (χ4v) is 1.70. The van der Waals surface area contributed by atoms with Gasteiger partial charge in [0.2, 0.25) is 0 Å². The zero-order valence-corrected chi connectivity index (χ0v) is 14.9. The van der Waals surface area contributed by atoms with Crippen molar-refractivity contribution in [1.29, 1.82) is 0 Å². The summed E-state index contributed by atoms with van der Waals surface area (Å²) >= 11 is 5.70. The maximum absolute atomic E-state index is 13.4. The van der Waals surface area contributed by atoms with Crippen molar-refractivity contribution in [3.8, 4) is 5.75 Å². The third kappa shape index (κ3) is 5.54. The summed E-state index contributed by atoms with van der Waals surface area (Å²) in [6.07, 6.45) is 1.85. The van der Waals surface area contributed by atoms with Gasteiger partial charge < -0.3 is 17.7 Å². The molecule has 2 aromatic rings. The Hall–Kier alpha value is -0.119. The van der Waals surface area contributed by atoms with Gasteiger partial charge in [0.25, 0.3) is 0 Å². The van der Waals surface area contributed by atoms with Gasteiger partial charge in [0.1, 0.15) is 18.2 Å². The summed E-state index contributed by atoms with van der Waals surface area (Å²) in [5.74, 6) is -0.625. The average Bonchev–Trinajstić information content (AvgIpc) is 2.39. The van der Waals surface area contributed by atoms with Crippen molar-refractivity contribution >= 4 is 24.0 Å². The molecule has 0 aliphatic rings. The molecular formula is C12H8BClF4KNO. The Morgan fingerprint density at radius 3 is 2.52 bits per heavy atom. The molecule has 0 saturated carbocycles. The molecule has 0 radical (unpaired) electrons. The number of hydrogen-bond acceptors (Lipinski definition) is 2. The number of hydrogen-bond donors (Lipinski definition) is 0. The first-order chi connectivity index (χ1) is 9.36. The van der Waals surface area contributed by atoms with Crippen LogP contribution in [0.5, 0.6) is 5.75 Å². The molecule has 1 aromatic carbocycles. The molecule has 0 bridgehead atoms. The molecule has 0 aliphatic carbocycles. The van der Waals surface area contributed by atoms with E-state index < -0.39 is 18.3 Å². The second-order valence-corrected chi connectivity index (χ2v) is 4.49. The van der Waals surface area contributed by atoms with Crippen molar-refractivity contribution < 1.29 is 73.5 Å². The quantitative estimate of drug-likeness (QED) is 0.596. The first-order valence-corrected chi connectivity index (χ1v) is 5.95. The Labute approximate surface area is 166 Å². The third-order valence-corrected chi connectivity index (χ3v) is 2.75. The molecule has 2 rings (SSSR count). The largest absolute Gasteiger partial charge is 1.00 e. The van der Waals surface area contributed by atoms with Crippen LogP contribution in [0.25, 0.3) is 0 Å². The van der Waals surface area contributed by atoms with E-state index in [4.69, 9.17) is 16.3 Å². The van der Waals surface area contributed by atoms with Crippen LogP contribution in [0.2, 0.25) is 5.02 Å². The van der Waals surface area contributed by atoms with E-state index in [2.05, 4.69) is 4.98 Å². The normalized spacial score (nSPS) is 10.9. The molecule has 2 nitrogen and oxygen atoms in total. The first-order valence-electron chi connectivity index (χ1n) is 5.58. The Bertz CT molecular complexity index is 626. The molecule has 0 unspecified atom stereocenters. The molecule has 106 valence electrons. The summed E-state index contributed by atoms with van der Waals surface area (Å²) in [7, 11) is 0. The Morgan fingerprint density at radius 1 is 1.14 bits per heavy atom. The van der Waals surface area contributed by atoms with Crippen LogP contribution in [0.3, 0.4) is 0 Å². The van der Waals surface area contributed by atoms with Crippen LogP contribution >= 0.6 is 11.6 Å². The van der Waals surface area contributed by atoms with Crippen LogP contribution in [0.1, 0.15) is 5.56 Å². The second kappa shape index (κ2) is 7.94. The molecule has 0 atom stereocenters. The molecular weight excluding hydrogens is 335 g/mol. The van der Waals surface area contributed by atoms with E-state index in [9.17, 15) is 17.3 Å². The van der Waals surface area contributed by atoms with Gasteiger partial charge in [-0.15, -0.1) is 0 Å². The van der Waals surface area contributed by atoms with Crippen LogP contribution in [-0.2, 0) is 6.61 Å². The topological polar surface area (TPSA) is 22.1 Å². The van der Waals surface area contributed by atoms with Crippen LogP contribution < -0.4 is 61.6 Å². The van der Waals surface area contributed by atoms with Gasteiger partial charge in [-0.1, -0.05) is 17.1 Å². The molecule has 0 saturated heterocycles. The molecule has 9 heteroatoms. The number of aromatic nitrogens is 1. The van der Waals surface area contributed by atoms with E-state index in [0.717, 1.165) is 18.3 Å². The minimum Gasteiger partial charge on any atom is -0.487 e. The third-order valence-electron chi connectivity index (χ3n) is 2.51. The van der Waals surface area contributed by atoms with Crippen LogP contribution in [0.4, 0.5) is 17.3 Å². The number of halogens is 5. The zero-order chi connectivity index (χ0) is 14.8. The van der Waals surface area contributed by atoms with E-state index in [1.807, 2.05) is 0 Å². The van der Waals surface area contributed by atoms with Gasteiger partial charge in [-0.3, -0.25) is 4.98 Å². The first kappa shape index (κ1) is 18.9. The van der Waals surface area contributed by atoms with Gasteiger partial charge in [0.05, 0.1) is 6.20 Å². The second-order valence-electron chi connectivity index (χ2n) is 4.05. The van der Waals surface area contributed by atoms with Crippen molar-refractivity contribution in [2.75, 3.05) is 0 Å². The SMILES string of the molecule is Fc1ccc(Cl)cc1COc1cncc([B-](F)(F)F)c1.[K+]. The summed E-state index contributed by atoms with van der Waals surface area (Å²) in [6, 6.07) is 4.71. The minimum atomic E-state index is -5.15. The Balaban J connectivity index is 0.00000220. The molecule has 1 aromatic heterocycles. The molecule has 0 fully saturated rings. The van der Waals surface area contributed by atoms with Crippen molar-refractivity contribution in [1.82, 2.24) is 4.98 Å². The zero-order valence-electron chi connectivity index (χ0n) is 11.0. The molecule has 0 spiro atoms. The van der Waals surface area contributed by atoms with Crippen molar-refractivity contribution in [2.45, 2.75) is 6.61 Å². The van der Waals surface area contributed by atoms with Gasteiger partial charge in [0, 0.05) is 16.8 Å². The van der Waals surface area contributed by atoms with E-state index in [0.29, 0.717) is 11.2 Å². The number of pyridine rings is 1. The van der Waals surface area contributed by atoms with E-state index in [-0.39, 0.29) is 69.3 Å². The van der Waals surface area contributed by atoms with Gasteiger partial charge >= 0.3 is 58.4 Å². The Morgan fingerprint density at radius 2 is 1.86 bits per heavy atom. The van der Waals surface area contributed by atoms with Gasteiger partial charge in [-0.05, 0) is 24.3 Å². The van der Waals surface area contributed by atoms with Crippen molar-refractivity contribution in [2.24, 2.45) is 0 Å². The maximum Gasteiger partial charge on any atom is 1.00 e. The summed E-state index contributed by atoms with van der Waals surface area (Å²) in [5, 5.41) is 0.315. The van der Waals surface area contributed by atoms with Gasteiger partial charge in [-0.25, -0.2) is 4.39 Å². The molecule has 1 heterocycles. The van der Waals surface area contributed by atoms with Crippen LogP contribution in [-0.4, -0.2) is 12.0 Å². The fourth-order valence-electron chi connectivity index (χ4n) is 1.51. The number of nitrogens with zero attached hydrogens (tertiary/aromatic N) is 1. The van der Waals surface area contributed by atoms with Crippen molar-refractivity contribution in [3.05, 3.63) is 53.1 Å². The van der Waals surface area contributed by atoms with Crippen LogP contribution in [0.15, 0.2) is 36.7 Å². The van der Waals surface area contributed by atoms with E-state index in [1.54, 1.807) is 0 Å². The monoisotopic (exact) mass is 343 g/mol. The predicted molar refractivity (Wildman–Crippen MR) is 68.7 cm³/mol. The summed E-state index contributed by atoms with van der Waals surface area (Å²) in [5.41, 5.74) is -0.713. The fraction of sp³-hybridized carbons (Fsp3) is 0.0833. The molecule has 0 amide bonds. The summed E-state index contributed by atoms with van der Waals surface area (Å²) in [6.45, 7) is -5.38. The Kier molecular flexibility index (Phi) is 7.16. The smallest absolute Gasteiger partial charge is 0.487 e. The van der Waals surface area contributed by atoms with Crippen molar-refractivity contribution in [3.63, 3.8) is 0 Å². The standard InChI is InChI=1S/C12H8BClF4NO.K/c14-10-1-2-12(15)8(3-10)7-20-11-4-9(5-19-6-11)13(16,17)18;/h1-6H,7H2;/q-1;+1. The van der Waals surface area contributed by atoms with E-state index in [1.165, 1.54) is 12.1 Å². The molecule has 0 N–H and O–H groups in total. The van der Waals surface area contributed by atoms with Crippen LogP contribution in [0, 0.1) is 5.82 Å². The average molecular weight is 344 g/mol. The maximum atomic E-state index is 13.4. The van der Waals surface area contributed by atoms with Gasteiger partial charge in [-0.2, -0.15) is 0 Å². The number of benzene rings is 1.